The van der Waals surface area contributed by atoms with E-state index in [1.54, 1.807) is 54.1 Å². The Morgan fingerprint density at radius 1 is 1.06 bits per heavy atom. The topological polar surface area (TPSA) is 131 Å². The smallest absolute Gasteiger partial charge is 0.244 e. The third-order valence-electron chi connectivity index (χ3n) is 5.57. The number of carbonyl (C=O) groups is 3. The number of ether oxygens (including phenoxy) is 1. The molecule has 35 heavy (non-hydrogen) atoms. The lowest BCUT2D eigenvalue weighted by Crippen LogP contribution is -2.59. The highest BCUT2D eigenvalue weighted by molar-refractivity contribution is 5.93. The summed E-state index contributed by atoms with van der Waals surface area (Å²) in [7, 11) is 4.77. The molecule has 2 N–H and O–H groups in total. The second kappa shape index (κ2) is 13.1. The van der Waals surface area contributed by atoms with E-state index in [0.29, 0.717) is 12.2 Å². The zero-order valence-electron chi connectivity index (χ0n) is 22.1. The van der Waals surface area contributed by atoms with Gasteiger partial charge in [-0.1, -0.05) is 46.8 Å². The molecule has 3 amide bonds. The number of nitro groups is 1. The average Bonchev–Trinajstić information content (AvgIpc) is 2.74. The summed E-state index contributed by atoms with van der Waals surface area (Å²) in [6.45, 7) is 8.61. The Morgan fingerprint density at radius 3 is 2.06 bits per heavy atom. The molecule has 0 aliphatic heterocycles. The number of methoxy groups -OCH3 is 1. The molecular weight excluding hydrogens is 452 g/mol. The second-order valence-electron chi connectivity index (χ2n) is 10.5. The predicted octanol–water partition coefficient (Wildman–Crippen LogP) is 2.28. The Labute approximate surface area is 207 Å². The Bertz CT molecular complexity index is 877. The SMILES string of the molecule is COc1ccc(C[C@@H](NC(=O)[C@@H](NC(=O)[C@H](CC(C)C)C[N+](=O)[O-])C(C)(C)C)C(=O)N(C)C)cc1. The molecule has 0 spiro atoms. The number of hydrogen-bond acceptors (Lipinski definition) is 6. The lowest BCUT2D eigenvalue weighted by molar-refractivity contribution is -0.486. The van der Waals surface area contributed by atoms with E-state index >= 15 is 0 Å². The third kappa shape index (κ3) is 9.92. The van der Waals surface area contributed by atoms with Gasteiger partial charge in [0.25, 0.3) is 0 Å². The lowest BCUT2D eigenvalue weighted by Gasteiger charge is -2.33. The summed E-state index contributed by atoms with van der Waals surface area (Å²) in [4.78, 5) is 51.2. The lowest BCUT2D eigenvalue weighted by atomic mass is 9.85. The summed E-state index contributed by atoms with van der Waals surface area (Å²) in [5.74, 6) is -1.48. The van der Waals surface area contributed by atoms with E-state index in [9.17, 15) is 24.5 Å². The first kappa shape index (κ1) is 29.9. The Kier molecular flexibility index (Phi) is 11.1. The summed E-state index contributed by atoms with van der Waals surface area (Å²) in [6, 6.07) is 5.33. The molecular formula is C25H40N4O6. The molecule has 0 saturated carbocycles. The monoisotopic (exact) mass is 492 g/mol. The summed E-state index contributed by atoms with van der Waals surface area (Å²) < 4.78 is 5.17. The van der Waals surface area contributed by atoms with Gasteiger partial charge in [-0.05, 0) is 35.4 Å². The number of carbonyl (C=O) groups excluding carboxylic acids is 3. The predicted molar refractivity (Wildman–Crippen MR) is 134 cm³/mol. The van der Waals surface area contributed by atoms with Crippen LogP contribution in [0.15, 0.2) is 24.3 Å². The minimum absolute atomic E-state index is 0.0687. The zero-order valence-corrected chi connectivity index (χ0v) is 22.1. The van der Waals surface area contributed by atoms with E-state index in [-0.39, 0.29) is 18.2 Å². The molecule has 1 aromatic rings. The summed E-state index contributed by atoms with van der Waals surface area (Å²) in [5, 5.41) is 16.6. The summed E-state index contributed by atoms with van der Waals surface area (Å²) in [5.41, 5.74) is 0.119. The molecule has 0 heterocycles. The van der Waals surface area contributed by atoms with E-state index in [1.807, 2.05) is 26.0 Å². The normalized spacial score (nSPS) is 14.0. The van der Waals surface area contributed by atoms with E-state index in [1.165, 1.54) is 4.90 Å². The van der Waals surface area contributed by atoms with Crippen LogP contribution in [0.1, 0.15) is 46.6 Å². The molecule has 1 rings (SSSR count). The van der Waals surface area contributed by atoms with Crippen molar-refractivity contribution >= 4 is 17.7 Å². The van der Waals surface area contributed by atoms with Crippen molar-refractivity contribution in [2.45, 2.75) is 59.5 Å². The van der Waals surface area contributed by atoms with Crippen LogP contribution in [-0.4, -0.2) is 67.4 Å². The van der Waals surface area contributed by atoms with Gasteiger partial charge in [0, 0.05) is 25.4 Å². The van der Waals surface area contributed by atoms with Gasteiger partial charge in [-0.15, -0.1) is 0 Å². The van der Waals surface area contributed by atoms with Crippen molar-refractivity contribution in [1.29, 1.82) is 0 Å². The number of likely N-dealkylation sites (N-methyl/N-ethyl adjacent to an activating group) is 1. The fourth-order valence-corrected chi connectivity index (χ4v) is 3.71. The van der Waals surface area contributed by atoms with Crippen LogP contribution in [-0.2, 0) is 20.8 Å². The average molecular weight is 493 g/mol. The molecule has 1 aromatic carbocycles. The largest absolute Gasteiger partial charge is 0.497 e. The first-order chi connectivity index (χ1) is 16.1. The molecule has 0 aliphatic rings. The van der Waals surface area contributed by atoms with Crippen molar-refractivity contribution in [2.24, 2.45) is 17.3 Å². The Hall–Kier alpha value is -3.17. The van der Waals surface area contributed by atoms with Crippen molar-refractivity contribution in [2.75, 3.05) is 27.7 Å². The Morgan fingerprint density at radius 2 is 1.63 bits per heavy atom. The summed E-state index contributed by atoms with van der Waals surface area (Å²) in [6.07, 6.45) is 0.569. The molecule has 10 heteroatoms. The zero-order chi connectivity index (χ0) is 26.9. The van der Waals surface area contributed by atoms with E-state index in [4.69, 9.17) is 4.74 Å². The molecule has 0 aromatic heterocycles. The first-order valence-electron chi connectivity index (χ1n) is 11.7. The molecule has 0 saturated heterocycles. The van der Waals surface area contributed by atoms with Gasteiger partial charge >= 0.3 is 0 Å². The van der Waals surface area contributed by atoms with Gasteiger partial charge in [0.15, 0.2) is 0 Å². The number of nitrogens with one attached hydrogen (secondary N) is 2. The van der Waals surface area contributed by atoms with Crippen molar-refractivity contribution in [1.82, 2.24) is 15.5 Å². The van der Waals surface area contributed by atoms with E-state index in [0.717, 1.165) is 5.56 Å². The van der Waals surface area contributed by atoms with Crippen LogP contribution in [0.5, 0.6) is 5.75 Å². The highest BCUT2D eigenvalue weighted by Crippen LogP contribution is 2.22. The maximum atomic E-state index is 13.4. The van der Waals surface area contributed by atoms with Crippen molar-refractivity contribution in [3.05, 3.63) is 39.9 Å². The maximum Gasteiger partial charge on any atom is 0.244 e. The molecule has 0 radical (unpaired) electrons. The fourth-order valence-electron chi connectivity index (χ4n) is 3.71. The van der Waals surface area contributed by atoms with E-state index < -0.39 is 46.7 Å². The number of amides is 3. The highest BCUT2D eigenvalue weighted by Gasteiger charge is 2.37. The van der Waals surface area contributed by atoms with E-state index in [2.05, 4.69) is 10.6 Å². The second-order valence-corrected chi connectivity index (χ2v) is 10.5. The van der Waals surface area contributed by atoms with Crippen LogP contribution in [0.2, 0.25) is 0 Å². The number of rotatable bonds is 12. The molecule has 0 fully saturated rings. The van der Waals surface area contributed by atoms with Crippen LogP contribution in [0.4, 0.5) is 0 Å². The highest BCUT2D eigenvalue weighted by atomic mass is 16.6. The molecule has 3 atom stereocenters. The van der Waals surface area contributed by atoms with Gasteiger partial charge in [0.1, 0.15) is 23.8 Å². The maximum absolute atomic E-state index is 13.4. The van der Waals surface area contributed by atoms with Crippen molar-refractivity contribution < 1.29 is 24.0 Å². The molecule has 10 nitrogen and oxygen atoms in total. The minimum Gasteiger partial charge on any atom is -0.497 e. The molecule has 196 valence electrons. The molecule has 0 aliphatic carbocycles. The number of benzene rings is 1. The van der Waals surface area contributed by atoms with Gasteiger partial charge in [0.05, 0.1) is 7.11 Å². The Balaban J connectivity index is 3.14. The number of hydrogen-bond donors (Lipinski definition) is 2. The molecule has 0 unspecified atom stereocenters. The number of nitrogens with zero attached hydrogens (tertiary/aromatic N) is 2. The van der Waals surface area contributed by atoms with Crippen molar-refractivity contribution in [3.8, 4) is 5.75 Å². The van der Waals surface area contributed by atoms with Gasteiger partial charge in [-0.3, -0.25) is 24.5 Å². The van der Waals surface area contributed by atoms with Gasteiger partial charge in [-0.25, -0.2) is 0 Å². The summed E-state index contributed by atoms with van der Waals surface area (Å²) >= 11 is 0. The fraction of sp³-hybridized carbons (Fsp3) is 0.640. The third-order valence-corrected chi connectivity index (χ3v) is 5.57. The van der Waals surface area contributed by atoms with Crippen LogP contribution >= 0.6 is 0 Å². The van der Waals surface area contributed by atoms with Crippen LogP contribution in [0, 0.1) is 27.4 Å². The van der Waals surface area contributed by atoms with Crippen LogP contribution in [0.25, 0.3) is 0 Å². The minimum atomic E-state index is -0.996. The standard InChI is InChI=1S/C25H40N4O6/c1-16(2)13-18(15-29(33)34)22(30)27-21(25(3,4)5)23(31)26-20(24(32)28(6)7)14-17-9-11-19(35-8)12-10-17/h9-12,16,18,20-21H,13-15H2,1-8H3,(H,26,31)(H,27,30)/t18-,20-,21-/m1/s1. The van der Waals surface area contributed by atoms with Crippen molar-refractivity contribution in [3.63, 3.8) is 0 Å². The van der Waals surface area contributed by atoms with Crippen LogP contribution < -0.4 is 15.4 Å². The quantitative estimate of drug-likeness (QED) is 0.340. The molecule has 0 bridgehead atoms. The van der Waals surface area contributed by atoms with Gasteiger partial charge in [0.2, 0.25) is 24.3 Å². The first-order valence-corrected chi connectivity index (χ1v) is 11.7. The van der Waals surface area contributed by atoms with Gasteiger partial charge < -0.3 is 20.3 Å². The van der Waals surface area contributed by atoms with Gasteiger partial charge in [-0.2, -0.15) is 0 Å². The van der Waals surface area contributed by atoms with Crippen LogP contribution in [0.3, 0.4) is 0 Å².